The molecule has 1 rings (SSSR count). The molecule has 0 spiro atoms. The summed E-state index contributed by atoms with van der Waals surface area (Å²) in [6.07, 6.45) is 1.16. The van der Waals surface area contributed by atoms with Crippen LogP contribution in [0.15, 0.2) is 30.3 Å². The molecule has 0 aromatic heterocycles. The summed E-state index contributed by atoms with van der Waals surface area (Å²) in [4.78, 5) is 34.3. The van der Waals surface area contributed by atoms with Gasteiger partial charge in [0, 0.05) is 5.56 Å². The lowest BCUT2D eigenvalue weighted by molar-refractivity contribution is -0.153. The van der Waals surface area contributed by atoms with Crippen molar-refractivity contribution in [2.75, 3.05) is 6.61 Å². The SMILES string of the molecule is CCCCOC(=O)C(=O)CC(=O)c1ccccc1. The van der Waals surface area contributed by atoms with Crippen molar-refractivity contribution in [3.8, 4) is 0 Å². The lowest BCUT2D eigenvalue weighted by atomic mass is 10.1. The van der Waals surface area contributed by atoms with Gasteiger partial charge in [-0.1, -0.05) is 43.7 Å². The Morgan fingerprint density at radius 2 is 1.78 bits per heavy atom. The normalized spacial score (nSPS) is 9.83. The van der Waals surface area contributed by atoms with Crippen molar-refractivity contribution in [3.63, 3.8) is 0 Å². The summed E-state index contributed by atoms with van der Waals surface area (Å²) < 4.78 is 4.74. The topological polar surface area (TPSA) is 60.4 Å². The van der Waals surface area contributed by atoms with E-state index in [0.29, 0.717) is 12.0 Å². The van der Waals surface area contributed by atoms with Crippen molar-refractivity contribution < 1.29 is 19.1 Å². The van der Waals surface area contributed by atoms with E-state index >= 15 is 0 Å². The van der Waals surface area contributed by atoms with Crippen LogP contribution in [0, 0.1) is 0 Å². The highest BCUT2D eigenvalue weighted by Gasteiger charge is 2.19. The Morgan fingerprint density at radius 3 is 2.39 bits per heavy atom. The van der Waals surface area contributed by atoms with Gasteiger partial charge in [-0.25, -0.2) is 4.79 Å². The van der Waals surface area contributed by atoms with Crippen LogP contribution in [0.5, 0.6) is 0 Å². The number of carbonyl (C=O) groups is 3. The summed E-state index contributed by atoms with van der Waals surface area (Å²) in [5.74, 6) is -2.08. The highest BCUT2D eigenvalue weighted by molar-refractivity contribution is 6.38. The predicted octanol–water partition coefficient (Wildman–Crippen LogP) is 2.17. The fraction of sp³-hybridized carbons (Fsp3) is 0.357. The molecule has 0 N–H and O–H groups in total. The van der Waals surface area contributed by atoms with Gasteiger partial charge in [0.25, 0.3) is 0 Å². The third-order valence-electron chi connectivity index (χ3n) is 2.38. The first-order chi connectivity index (χ1) is 8.65. The fourth-order valence-corrected chi connectivity index (χ4v) is 1.33. The fourth-order valence-electron chi connectivity index (χ4n) is 1.33. The first-order valence-electron chi connectivity index (χ1n) is 5.93. The van der Waals surface area contributed by atoms with E-state index in [0.717, 1.165) is 6.42 Å². The van der Waals surface area contributed by atoms with E-state index in [1.165, 1.54) is 0 Å². The summed E-state index contributed by atoms with van der Waals surface area (Å²) in [5.41, 5.74) is 0.423. The first-order valence-corrected chi connectivity index (χ1v) is 5.93. The molecule has 0 saturated heterocycles. The van der Waals surface area contributed by atoms with Crippen LogP contribution < -0.4 is 0 Å². The monoisotopic (exact) mass is 248 g/mol. The van der Waals surface area contributed by atoms with E-state index in [1.54, 1.807) is 30.3 Å². The van der Waals surface area contributed by atoms with Crippen LogP contribution in [0.3, 0.4) is 0 Å². The molecular weight excluding hydrogens is 232 g/mol. The zero-order chi connectivity index (χ0) is 13.4. The van der Waals surface area contributed by atoms with E-state index in [-0.39, 0.29) is 12.4 Å². The van der Waals surface area contributed by atoms with Gasteiger partial charge in [-0.2, -0.15) is 0 Å². The molecule has 0 aliphatic carbocycles. The maximum atomic E-state index is 11.7. The van der Waals surface area contributed by atoms with Crippen molar-refractivity contribution in [1.82, 2.24) is 0 Å². The molecule has 0 bridgehead atoms. The molecule has 0 aliphatic rings. The first kappa shape index (κ1) is 14.1. The summed E-state index contributed by atoms with van der Waals surface area (Å²) in [6, 6.07) is 8.40. The molecule has 0 fully saturated rings. The number of rotatable bonds is 7. The molecule has 18 heavy (non-hydrogen) atoms. The quantitative estimate of drug-likeness (QED) is 0.244. The van der Waals surface area contributed by atoms with E-state index in [4.69, 9.17) is 4.74 Å². The summed E-state index contributed by atoms with van der Waals surface area (Å²) in [5, 5.41) is 0. The minimum absolute atomic E-state index is 0.223. The molecule has 0 aliphatic heterocycles. The van der Waals surface area contributed by atoms with Crippen LogP contribution in [-0.2, 0) is 14.3 Å². The molecular formula is C14H16O4. The van der Waals surface area contributed by atoms with Crippen molar-refractivity contribution in [2.24, 2.45) is 0 Å². The second-order valence-electron chi connectivity index (χ2n) is 3.88. The van der Waals surface area contributed by atoms with Crippen LogP contribution in [0.2, 0.25) is 0 Å². The van der Waals surface area contributed by atoms with Gasteiger partial charge in [0.05, 0.1) is 13.0 Å². The number of benzene rings is 1. The number of hydrogen-bond acceptors (Lipinski definition) is 4. The average molecular weight is 248 g/mol. The molecule has 4 heteroatoms. The zero-order valence-electron chi connectivity index (χ0n) is 10.3. The molecule has 96 valence electrons. The Balaban J connectivity index is 2.45. The van der Waals surface area contributed by atoms with Crippen LogP contribution in [0.25, 0.3) is 0 Å². The largest absolute Gasteiger partial charge is 0.460 e. The number of ether oxygens (including phenoxy) is 1. The van der Waals surface area contributed by atoms with Gasteiger partial charge in [0.15, 0.2) is 5.78 Å². The lowest BCUT2D eigenvalue weighted by Gasteiger charge is -2.02. The number of Topliss-reactive ketones (excluding diaryl/α,β-unsaturated/α-hetero) is 2. The molecule has 0 radical (unpaired) electrons. The standard InChI is InChI=1S/C14H16O4/c1-2-3-9-18-14(17)13(16)10-12(15)11-7-5-4-6-8-11/h4-8H,2-3,9-10H2,1H3. The average Bonchev–Trinajstić information content (AvgIpc) is 2.39. The number of ketones is 2. The van der Waals surface area contributed by atoms with Gasteiger partial charge in [0.1, 0.15) is 0 Å². The molecule has 0 unspecified atom stereocenters. The molecule has 0 heterocycles. The van der Waals surface area contributed by atoms with Gasteiger partial charge in [-0.05, 0) is 6.42 Å². The molecule has 0 saturated carbocycles. The van der Waals surface area contributed by atoms with Gasteiger partial charge in [-0.15, -0.1) is 0 Å². The highest BCUT2D eigenvalue weighted by atomic mass is 16.5. The minimum Gasteiger partial charge on any atom is -0.460 e. The zero-order valence-corrected chi connectivity index (χ0v) is 10.3. The Morgan fingerprint density at radius 1 is 1.11 bits per heavy atom. The van der Waals surface area contributed by atoms with E-state index in [1.807, 2.05) is 6.92 Å². The number of esters is 1. The Labute approximate surface area is 106 Å². The van der Waals surface area contributed by atoms with E-state index in [9.17, 15) is 14.4 Å². The Bertz CT molecular complexity index is 423. The molecule has 1 aromatic rings. The molecule has 0 atom stereocenters. The summed E-state index contributed by atoms with van der Waals surface area (Å²) in [7, 11) is 0. The maximum absolute atomic E-state index is 11.7. The second kappa shape index (κ2) is 7.37. The van der Waals surface area contributed by atoms with Gasteiger partial charge < -0.3 is 4.74 Å². The van der Waals surface area contributed by atoms with Gasteiger partial charge in [0.2, 0.25) is 5.78 Å². The maximum Gasteiger partial charge on any atom is 0.375 e. The Hall–Kier alpha value is -1.97. The van der Waals surface area contributed by atoms with E-state index < -0.39 is 18.2 Å². The van der Waals surface area contributed by atoms with Gasteiger partial charge >= 0.3 is 5.97 Å². The third-order valence-corrected chi connectivity index (χ3v) is 2.38. The number of hydrogen-bond donors (Lipinski definition) is 0. The highest BCUT2D eigenvalue weighted by Crippen LogP contribution is 2.04. The van der Waals surface area contributed by atoms with Crippen LogP contribution in [0.4, 0.5) is 0 Å². The summed E-state index contributed by atoms with van der Waals surface area (Å²) in [6.45, 7) is 2.18. The van der Waals surface area contributed by atoms with Crippen molar-refractivity contribution >= 4 is 17.5 Å². The molecule has 1 aromatic carbocycles. The third kappa shape index (κ3) is 4.49. The van der Waals surface area contributed by atoms with Crippen molar-refractivity contribution in [2.45, 2.75) is 26.2 Å². The number of carbonyl (C=O) groups excluding carboxylic acids is 3. The van der Waals surface area contributed by atoms with E-state index in [2.05, 4.69) is 0 Å². The minimum atomic E-state index is -0.923. The summed E-state index contributed by atoms with van der Waals surface area (Å²) >= 11 is 0. The second-order valence-corrected chi connectivity index (χ2v) is 3.88. The van der Waals surface area contributed by atoms with Crippen LogP contribution in [-0.4, -0.2) is 24.1 Å². The number of unbranched alkanes of at least 4 members (excludes halogenated alkanes) is 1. The lowest BCUT2D eigenvalue weighted by Crippen LogP contribution is -2.21. The Kier molecular flexibility index (Phi) is 5.77. The van der Waals surface area contributed by atoms with Crippen molar-refractivity contribution in [3.05, 3.63) is 35.9 Å². The van der Waals surface area contributed by atoms with Crippen LogP contribution in [0.1, 0.15) is 36.5 Å². The van der Waals surface area contributed by atoms with Crippen LogP contribution >= 0.6 is 0 Å². The van der Waals surface area contributed by atoms with Crippen molar-refractivity contribution in [1.29, 1.82) is 0 Å². The predicted molar refractivity (Wildman–Crippen MR) is 66.3 cm³/mol. The molecule has 4 nitrogen and oxygen atoms in total. The molecule has 0 amide bonds. The van der Waals surface area contributed by atoms with Gasteiger partial charge in [-0.3, -0.25) is 9.59 Å². The smallest absolute Gasteiger partial charge is 0.375 e.